The maximum Gasteiger partial charge on any atom is 0.115 e. The summed E-state index contributed by atoms with van der Waals surface area (Å²) >= 11 is 0. The third kappa shape index (κ3) is 3.23. The Labute approximate surface area is 96.4 Å². The minimum absolute atomic E-state index is 0.0148. The number of rotatable bonds is 6. The molecule has 90 valence electrons. The number of hydrogen-bond acceptors (Lipinski definition) is 5. The van der Waals surface area contributed by atoms with Gasteiger partial charge in [-0.3, -0.25) is 11.3 Å². The first-order valence-electron chi connectivity index (χ1n) is 5.53. The summed E-state index contributed by atoms with van der Waals surface area (Å²) in [6.45, 7) is 6.85. The fourth-order valence-corrected chi connectivity index (χ4v) is 1.72. The van der Waals surface area contributed by atoms with Gasteiger partial charge in [0.25, 0.3) is 0 Å². The summed E-state index contributed by atoms with van der Waals surface area (Å²) in [5, 5.41) is 0. The zero-order chi connectivity index (χ0) is 12.0. The normalized spacial score (nSPS) is 15.1. The molecule has 0 aliphatic heterocycles. The van der Waals surface area contributed by atoms with Gasteiger partial charge in [0, 0.05) is 24.6 Å². The van der Waals surface area contributed by atoms with E-state index in [9.17, 15) is 0 Å². The van der Waals surface area contributed by atoms with E-state index in [1.54, 1.807) is 12.4 Å². The maximum atomic E-state index is 5.71. The van der Waals surface area contributed by atoms with Crippen molar-refractivity contribution in [3.05, 3.63) is 24.3 Å². The summed E-state index contributed by atoms with van der Waals surface area (Å²) in [6.07, 6.45) is 5.03. The zero-order valence-electron chi connectivity index (χ0n) is 10.1. The van der Waals surface area contributed by atoms with E-state index in [0.29, 0.717) is 12.5 Å². The van der Waals surface area contributed by atoms with E-state index >= 15 is 0 Å². The summed E-state index contributed by atoms with van der Waals surface area (Å²) in [4.78, 5) is 7.99. The molecule has 0 saturated carbocycles. The standard InChI is InChI=1S/C11H20N4O/c1-4-16-11(8(2)3)10(15-12)9-5-13-7-14-6-9/h5-8,10-11,15H,4,12H2,1-3H3. The molecule has 0 aliphatic rings. The molecule has 0 aliphatic carbocycles. The van der Waals surface area contributed by atoms with Crippen molar-refractivity contribution in [2.24, 2.45) is 11.8 Å². The Hall–Kier alpha value is -1.04. The molecule has 1 heterocycles. The van der Waals surface area contributed by atoms with Crippen LogP contribution in [0.2, 0.25) is 0 Å². The fraction of sp³-hybridized carbons (Fsp3) is 0.636. The van der Waals surface area contributed by atoms with Crippen LogP contribution in [0.1, 0.15) is 32.4 Å². The number of nitrogens with zero attached hydrogens (tertiary/aromatic N) is 2. The summed E-state index contributed by atoms with van der Waals surface area (Å²) in [5.41, 5.74) is 3.72. The van der Waals surface area contributed by atoms with Crippen LogP contribution >= 0.6 is 0 Å². The molecule has 0 amide bonds. The summed E-state index contributed by atoms with van der Waals surface area (Å²) in [5.74, 6) is 5.95. The molecule has 0 fully saturated rings. The van der Waals surface area contributed by atoms with E-state index in [2.05, 4.69) is 29.2 Å². The van der Waals surface area contributed by atoms with E-state index in [1.807, 2.05) is 6.92 Å². The number of hydrogen-bond donors (Lipinski definition) is 2. The van der Waals surface area contributed by atoms with Crippen LogP contribution in [0.25, 0.3) is 0 Å². The molecular weight excluding hydrogens is 204 g/mol. The highest BCUT2D eigenvalue weighted by molar-refractivity contribution is 5.11. The van der Waals surface area contributed by atoms with Crippen molar-refractivity contribution in [1.82, 2.24) is 15.4 Å². The van der Waals surface area contributed by atoms with Crippen molar-refractivity contribution < 1.29 is 4.74 Å². The van der Waals surface area contributed by atoms with Crippen molar-refractivity contribution in [1.29, 1.82) is 0 Å². The minimum atomic E-state index is -0.0823. The molecular formula is C11H20N4O. The van der Waals surface area contributed by atoms with E-state index in [-0.39, 0.29) is 12.1 Å². The first kappa shape index (κ1) is 13.0. The van der Waals surface area contributed by atoms with Gasteiger partial charge in [0.05, 0.1) is 12.1 Å². The lowest BCUT2D eigenvalue weighted by Gasteiger charge is -2.29. The molecule has 0 radical (unpaired) electrons. The molecule has 16 heavy (non-hydrogen) atoms. The van der Waals surface area contributed by atoms with Crippen LogP contribution < -0.4 is 11.3 Å². The highest BCUT2D eigenvalue weighted by atomic mass is 16.5. The molecule has 2 atom stereocenters. The lowest BCUT2D eigenvalue weighted by atomic mass is 9.95. The molecule has 5 heteroatoms. The molecule has 3 N–H and O–H groups in total. The molecule has 2 unspecified atom stereocenters. The molecule has 5 nitrogen and oxygen atoms in total. The van der Waals surface area contributed by atoms with Gasteiger partial charge in [-0.25, -0.2) is 9.97 Å². The number of aromatic nitrogens is 2. The Bertz CT molecular complexity index is 291. The Morgan fingerprint density at radius 3 is 2.44 bits per heavy atom. The van der Waals surface area contributed by atoms with Crippen LogP contribution in [-0.4, -0.2) is 22.7 Å². The van der Waals surface area contributed by atoms with Gasteiger partial charge in [0.1, 0.15) is 6.33 Å². The second kappa shape index (κ2) is 6.52. The third-order valence-corrected chi connectivity index (χ3v) is 2.46. The topological polar surface area (TPSA) is 73.1 Å². The van der Waals surface area contributed by atoms with Crippen molar-refractivity contribution in [2.45, 2.75) is 32.9 Å². The van der Waals surface area contributed by atoms with Gasteiger partial charge >= 0.3 is 0 Å². The van der Waals surface area contributed by atoms with Crippen molar-refractivity contribution in [3.63, 3.8) is 0 Å². The number of hydrazine groups is 1. The van der Waals surface area contributed by atoms with Gasteiger partial charge in [0.2, 0.25) is 0 Å². The summed E-state index contributed by atoms with van der Waals surface area (Å²) < 4.78 is 5.71. The van der Waals surface area contributed by atoms with Gasteiger partial charge in [-0.2, -0.15) is 0 Å². The highest BCUT2D eigenvalue weighted by Crippen LogP contribution is 2.22. The Balaban J connectivity index is 2.86. The van der Waals surface area contributed by atoms with Crippen LogP contribution in [0.5, 0.6) is 0 Å². The van der Waals surface area contributed by atoms with Gasteiger partial charge in [-0.1, -0.05) is 13.8 Å². The average molecular weight is 224 g/mol. The Morgan fingerprint density at radius 2 is 2.00 bits per heavy atom. The summed E-state index contributed by atoms with van der Waals surface area (Å²) in [6, 6.07) is -0.0823. The van der Waals surface area contributed by atoms with Crippen molar-refractivity contribution >= 4 is 0 Å². The predicted octanol–water partition coefficient (Wildman–Crippen LogP) is 1.04. The maximum absolute atomic E-state index is 5.71. The second-order valence-corrected chi connectivity index (χ2v) is 3.98. The van der Waals surface area contributed by atoms with Crippen LogP contribution in [0.4, 0.5) is 0 Å². The summed E-state index contributed by atoms with van der Waals surface area (Å²) in [7, 11) is 0. The monoisotopic (exact) mass is 224 g/mol. The Kier molecular flexibility index (Phi) is 5.31. The average Bonchev–Trinajstić information content (AvgIpc) is 2.30. The smallest absolute Gasteiger partial charge is 0.115 e. The van der Waals surface area contributed by atoms with E-state index in [4.69, 9.17) is 10.6 Å². The van der Waals surface area contributed by atoms with Crippen LogP contribution in [0.15, 0.2) is 18.7 Å². The van der Waals surface area contributed by atoms with Gasteiger partial charge in [-0.05, 0) is 12.8 Å². The highest BCUT2D eigenvalue weighted by Gasteiger charge is 2.25. The van der Waals surface area contributed by atoms with E-state index in [0.717, 1.165) is 5.56 Å². The largest absolute Gasteiger partial charge is 0.376 e. The quantitative estimate of drug-likeness (QED) is 0.558. The van der Waals surface area contributed by atoms with Crippen molar-refractivity contribution in [3.8, 4) is 0 Å². The van der Waals surface area contributed by atoms with E-state index < -0.39 is 0 Å². The van der Waals surface area contributed by atoms with Gasteiger partial charge in [0.15, 0.2) is 0 Å². The number of nitrogens with one attached hydrogen (secondary N) is 1. The fourth-order valence-electron chi connectivity index (χ4n) is 1.72. The Morgan fingerprint density at radius 1 is 1.38 bits per heavy atom. The van der Waals surface area contributed by atoms with Gasteiger partial charge in [-0.15, -0.1) is 0 Å². The van der Waals surface area contributed by atoms with Gasteiger partial charge < -0.3 is 4.74 Å². The molecule has 0 bridgehead atoms. The first-order valence-corrected chi connectivity index (χ1v) is 5.53. The minimum Gasteiger partial charge on any atom is -0.376 e. The number of nitrogens with two attached hydrogens (primary N) is 1. The van der Waals surface area contributed by atoms with Crippen LogP contribution in [0.3, 0.4) is 0 Å². The molecule has 1 aromatic heterocycles. The molecule has 0 aromatic carbocycles. The third-order valence-electron chi connectivity index (χ3n) is 2.46. The van der Waals surface area contributed by atoms with E-state index in [1.165, 1.54) is 6.33 Å². The first-order chi connectivity index (χ1) is 7.70. The second-order valence-electron chi connectivity index (χ2n) is 3.98. The lowest BCUT2D eigenvalue weighted by Crippen LogP contribution is -2.40. The SMILES string of the molecule is CCOC(C(C)C)C(NN)c1cncnc1. The number of ether oxygens (including phenoxy) is 1. The van der Waals surface area contributed by atoms with Crippen LogP contribution in [-0.2, 0) is 4.74 Å². The molecule has 1 rings (SSSR count). The molecule has 0 spiro atoms. The lowest BCUT2D eigenvalue weighted by molar-refractivity contribution is 0.00261. The predicted molar refractivity (Wildman–Crippen MR) is 62.3 cm³/mol. The van der Waals surface area contributed by atoms with Crippen LogP contribution in [0, 0.1) is 5.92 Å². The zero-order valence-corrected chi connectivity index (χ0v) is 10.1. The van der Waals surface area contributed by atoms with Crippen molar-refractivity contribution in [2.75, 3.05) is 6.61 Å². The molecule has 1 aromatic rings. The molecule has 0 saturated heterocycles.